The number of urea groups is 1. The Hall–Kier alpha value is -2.90. The number of aliphatic carboxylic acids is 1. The molecular formula is C17H19FN4O3. The highest BCUT2D eigenvalue weighted by molar-refractivity contribution is 5.89. The Bertz CT molecular complexity index is 805. The number of piperidine rings is 1. The third-order valence-electron chi connectivity index (χ3n) is 4.23. The molecule has 0 bridgehead atoms. The van der Waals surface area contributed by atoms with E-state index in [1.54, 1.807) is 25.1 Å². The van der Waals surface area contributed by atoms with Crippen LogP contribution in [-0.4, -0.2) is 44.9 Å². The number of hydrogen-bond donors (Lipinski definition) is 2. The first kappa shape index (κ1) is 16.9. The predicted octanol–water partition coefficient (Wildman–Crippen LogP) is 2.65. The van der Waals surface area contributed by atoms with Crippen LogP contribution in [0.5, 0.6) is 0 Å². The Balaban J connectivity index is 1.72. The molecule has 0 spiro atoms. The van der Waals surface area contributed by atoms with E-state index in [2.05, 4.69) is 10.4 Å². The zero-order valence-electron chi connectivity index (χ0n) is 13.8. The summed E-state index contributed by atoms with van der Waals surface area (Å²) in [4.78, 5) is 25.0. The number of aromatic nitrogens is 2. The van der Waals surface area contributed by atoms with E-state index in [4.69, 9.17) is 5.11 Å². The van der Waals surface area contributed by atoms with Crippen molar-refractivity contribution in [3.63, 3.8) is 0 Å². The van der Waals surface area contributed by atoms with Crippen molar-refractivity contribution in [3.05, 3.63) is 41.8 Å². The summed E-state index contributed by atoms with van der Waals surface area (Å²) in [5.74, 6) is -1.45. The van der Waals surface area contributed by atoms with Gasteiger partial charge in [0.25, 0.3) is 0 Å². The Morgan fingerprint density at radius 1 is 1.36 bits per heavy atom. The highest BCUT2D eigenvalue weighted by atomic mass is 19.1. The number of carboxylic acids is 1. The molecule has 1 aliphatic rings. The summed E-state index contributed by atoms with van der Waals surface area (Å²) in [6.45, 7) is 2.50. The number of nitrogens with zero attached hydrogens (tertiary/aromatic N) is 3. The highest BCUT2D eigenvalue weighted by Gasteiger charge is 2.28. The van der Waals surface area contributed by atoms with E-state index >= 15 is 0 Å². The Kier molecular flexibility index (Phi) is 4.69. The molecule has 0 radical (unpaired) electrons. The average Bonchev–Trinajstić information content (AvgIpc) is 2.95. The number of nitrogens with one attached hydrogen (secondary N) is 1. The maximum absolute atomic E-state index is 13.4. The zero-order chi connectivity index (χ0) is 18.0. The molecule has 1 aliphatic heterocycles. The average molecular weight is 346 g/mol. The number of halogens is 1. The van der Waals surface area contributed by atoms with Crippen LogP contribution in [0.4, 0.5) is 15.0 Å². The van der Waals surface area contributed by atoms with Gasteiger partial charge in [-0.2, -0.15) is 0 Å². The van der Waals surface area contributed by atoms with Crippen molar-refractivity contribution < 1.29 is 19.1 Å². The van der Waals surface area contributed by atoms with Crippen molar-refractivity contribution in [2.45, 2.75) is 19.8 Å². The number of rotatable bonds is 3. The Morgan fingerprint density at radius 2 is 2.16 bits per heavy atom. The van der Waals surface area contributed by atoms with Gasteiger partial charge in [0.2, 0.25) is 0 Å². The van der Waals surface area contributed by atoms with Gasteiger partial charge in [-0.25, -0.2) is 13.9 Å². The first-order valence-corrected chi connectivity index (χ1v) is 8.05. The van der Waals surface area contributed by atoms with Crippen LogP contribution < -0.4 is 5.32 Å². The molecular weight excluding hydrogens is 327 g/mol. The second-order valence-corrected chi connectivity index (χ2v) is 6.12. The summed E-state index contributed by atoms with van der Waals surface area (Å²) in [5.41, 5.74) is 1.30. The number of carbonyl (C=O) groups excluding carboxylic acids is 1. The monoisotopic (exact) mass is 346 g/mol. The van der Waals surface area contributed by atoms with Crippen molar-refractivity contribution in [2.75, 3.05) is 18.4 Å². The molecule has 0 saturated carbocycles. The van der Waals surface area contributed by atoms with Gasteiger partial charge in [0, 0.05) is 24.8 Å². The van der Waals surface area contributed by atoms with Gasteiger partial charge in [-0.3, -0.25) is 10.1 Å². The van der Waals surface area contributed by atoms with E-state index in [1.807, 2.05) is 0 Å². The first-order chi connectivity index (χ1) is 11.9. The number of carboxylic acid groups (broad SMARTS) is 1. The van der Waals surface area contributed by atoms with E-state index in [0.717, 1.165) is 5.69 Å². The summed E-state index contributed by atoms with van der Waals surface area (Å²) in [6, 6.07) is 7.31. The molecule has 1 saturated heterocycles. The van der Waals surface area contributed by atoms with Crippen LogP contribution in [0, 0.1) is 18.7 Å². The minimum Gasteiger partial charge on any atom is -0.481 e. The molecule has 1 aromatic heterocycles. The number of hydrogen-bond acceptors (Lipinski definition) is 3. The lowest BCUT2D eigenvalue weighted by Crippen LogP contribution is -2.44. The van der Waals surface area contributed by atoms with Gasteiger partial charge < -0.3 is 10.0 Å². The van der Waals surface area contributed by atoms with Crippen LogP contribution in [-0.2, 0) is 4.79 Å². The molecule has 1 unspecified atom stereocenters. The van der Waals surface area contributed by atoms with Gasteiger partial charge in [-0.15, -0.1) is 5.10 Å². The number of amides is 2. The largest absolute Gasteiger partial charge is 0.481 e. The maximum Gasteiger partial charge on any atom is 0.323 e. The van der Waals surface area contributed by atoms with Gasteiger partial charge in [0.15, 0.2) is 5.82 Å². The van der Waals surface area contributed by atoms with Gasteiger partial charge in [-0.1, -0.05) is 6.07 Å². The summed E-state index contributed by atoms with van der Waals surface area (Å²) < 4.78 is 14.9. The topological polar surface area (TPSA) is 87.5 Å². The highest BCUT2D eigenvalue weighted by Crippen LogP contribution is 2.19. The zero-order valence-corrected chi connectivity index (χ0v) is 13.8. The second kappa shape index (κ2) is 6.92. The SMILES string of the molecule is Cc1cc(NC(=O)N2CCCC(C(=O)O)C2)nn1-c1cccc(F)c1. The van der Waals surface area contributed by atoms with Crippen LogP contribution in [0.25, 0.3) is 5.69 Å². The lowest BCUT2D eigenvalue weighted by atomic mass is 9.99. The molecule has 1 atom stereocenters. The third-order valence-corrected chi connectivity index (χ3v) is 4.23. The molecule has 2 aromatic rings. The minimum atomic E-state index is -0.885. The van der Waals surface area contributed by atoms with Crippen LogP contribution in [0.3, 0.4) is 0 Å². The summed E-state index contributed by atoms with van der Waals surface area (Å²) >= 11 is 0. The van der Waals surface area contributed by atoms with E-state index in [1.165, 1.54) is 21.7 Å². The first-order valence-electron chi connectivity index (χ1n) is 8.05. The lowest BCUT2D eigenvalue weighted by molar-refractivity contribution is -0.143. The standard InChI is InChI=1S/C17H19FN4O3/c1-11-8-15(20-22(11)14-6-2-5-13(18)9-14)19-17(25)21-7-3-4-12(10-21)16(23)24/h2,5-6,8-9,12H,3-4,7,10H2,1H3,(H,23,24)(H,19,20,25). The predicted molar refractivity (Wildman–Crippen MR) is 89.2 cm³/mol. The van der Waals surface area contributed by atoms with Crippen molar-refractivity contribution in [1.82, 2.24) is 14.7 Å². The van der Waals surface area contributed by atoms with Crippen molar-refractivity contribution in [2.24, 2.45) is 5.92 Å². The maximum atomic E-state index is 13.4. The van der Waals surface area contributed by atoms with E-state index < -0.39 is 11.9 Å². The van der Waals surface area contributed by atoms with Crippen molar-refractivity contribution in [1.29, 1.82) is 0 Å². The van der Waals surface area contributed by atoms with Crippen LogP contribution in [0.2, 0.25) is 0 Å². The van der Waals surface area contributed by atoms with Gasteiger partial charge in [0.05, 0.1) is 11.6 Å². The van der Waals surface area contributed by atoms with E-state index in [9.17, 15) is 14.0 Å². The number of carbonyl (C=O) groups is 2. The number of anilines is 1. The molecule has 1 aromatic carbocycles. The van der Waals surface area contributed by atoms with Crippen LogP contribution in [0.1, 0.15) is 18.5 Å². The van der Waals surface area contributed by atoms with E-state index in [-0.39, 0.29) is 18.4 Å². The van der Waals surface area contributed by atoms with Crippen molar-refractivity contribution in [3.8, 4) is 5.69 Å². The quantitative estimate of drug-likeness (QED) is 0.894. The molecule has 8 heteroatoms. The Morgan fingerprint density at radius 3 is 2.88 bits per heavy atom. The molecule has 2 heterocycles. The van der Waals surface area contributed by atoms with Gasteiger partial charge in [0.1, 0.15) is 5.82 Å². The number of benzene rings is 1. The lowest BCUT2D eigenvalue weighted by Gasteiger charge is -2.30. The number of aryl methyl sites for hydroxylation is 1. The fourth-order valence-electron chi connectivity index (χ4n) is 2.96. The second-order valence-electron chi connectivity index (χ2n) is 6.12. The molecule has 7 nitrogen and oxygen atoms in total. The molecule has 25 heavy (non-hydrogen) atoms. The fraction of sp³-hybridized carbons (Fsp3) is 0.353. The molecule has 1 fully saturated rings. The van der Waals surface area contributed by atoms with Gasteiger partial charge >= 0.3 is 12.0 Å². The van der Waals surface area contributed by atoms with Crippen molar-refractivity contribution >= 4 is 17.8 Å². The number of likely N-dealkylation sites (tertiary alicyclic amines) is 1. The van der Waals surface area contributed by atoms with Crippen LogP contribution >= 0.6 is 0 Å². The minimum absolute atomic E-state index is 0.185. The fourth-order valence-corrected chi connectivity index (χ4v) is 2.96. The molecule has 0 aliphatic carbocycles. The van der Waals surface area contributed by atoms with Crippen LogP contribution in [0.15, 0.2) is 30.3 Å². The third kappa shape index (κ3) is 3.78. The summed E-state index contributed by atoms with van der Waals surface area (Å²) in [7, 11) is 0. The Labute approximate surface area is 144 Å². The van der Waals surface area contributed by atoms with Gasteiger partial charge in [-0.05, 0) is 38.0 Å². The summed E-state index contributed by atoms with van der Waals surface area (Å²) in [6.07, 6.45) is 1.23. The molecule has 132 valence electrons. The van der Waals surface area contributed by atoms with E-state index in [0.29, 0.717) is 30.9 Å². The molecule has 2 amide bonds. The molecule has 3 rings (SSSR count). The molecule has 2 N–H and O–H groups in total. The summed E-state index contributed by atoms with van der Waals surface area (Å²) in [5, 5.41) is 16.1. The normalized spacial score (nSPS) is 17.4. The smallest absolute Gasteiger partial charge is 0.323 e.